The lowest BCUT2D eigenvalue weighted by atomic mass is 9.95. The van der Waals surface area contributed by atoms with Crippen molar-refractivity contribution in [3.05, 3.63) is 235 Å². The number of aromatic nitrogens is 3. The number of fused-ring (bicyclic) bond motifs is 6. The Morgan fingerprint density at radius 1 is 0.324 bits per heavy atom. The summed E-state index contributed by atoms with van der Waals surface area (Å²) in [6.07, 6.45) is 0. The Bertz CT molecular complexity index is 3870. The van der Waals surface area contributed by atoms with Crippen LogP contribution in [0, 0.1) is 34.0 Å². The Kier molecular flexibility index (Phi) is 9.55. The molecule has 9 aromatic carbocycles. The monoisotopic (exact) mass is 864 g/mol. The Balaban J connectivity index is 1.23. The van der Waals surface area contributed by atoms with Crippen LogP contribution in [0.1, 0.15) is 16.7 Å². The normalized spacial score (nSPS) is 11.2. The minimum Gasteiger partial charge on any atom is -0.308 e. The van der Waals surface area contributed by atoms with E-state index in [0.717, 1.165) is 111 Å². The fraction of sp³-hybridized carbons (Fsp3) is 0. The molecule has 314 valence electrons. The van der Waals surface area contributed by atoms with E-state index in [4.69, 9.17) is 4.98 Å². The van der Waals surface area contributed by atoms with Gasteiger partial charge in [-0.1, -0.05) is 146 Å². The van der Waals surface area contributed by atoms with E-state index in [1.54, 1.807) is 0 Å². The lowest BCUT2D eigenvalue weighted by molar-refractivity contribution is 1.13. The molecule has 0 bridgehead atoms. The molecule has 0 aliphatic rings. The van der Waals surface area contributed by atoms with Gasteiger partial charge < -0.3 is 9.13 Å². The van der Waals surface area contributed by atoms with Crippen LogP contribution in [0.15, 0.2) is 218 Å². The summed E-state index contributed by atoms with van der Waals surface area (Å²) in [6.45, 7) is 0. The van der Waals surface area contributed by atoms with Gasteiger partial charge in [0.25, 0.3) is 0 Å². The number of hydrogen-bond donors (Lipinski definition) is 0. The maximum atomic E-state index is 11.1. The average Bonchev–Trinajstić information content (AvgIpc) is 3.92. The molecule has 0 N–H and O–H groups in total. The molecule has 0 atom stereocenters. The molecule has 0 radical (unpaired) electrons. The van der Waals surface area contributed by atoms with Crippen LogP contribution in [0.5, 0.6) is 0 Å². The molecular formula is C62H36N6. The molecule has 0 aliphatic heterocycles. The highest BCUT2D eigenvalue weighted by molar-refractivity contribution is 6.13. The molecule has 0 fully saturated rings. The van der Waals surface area contributed by atoms with Crippen LogP contribution in [0.2, 0.25) is 0 Å². The number of para-hydroxylation sites is 2. The lowest BCUT2D eigenvalue weighted by Gasteiger charge is -2.22. The van der Waals surface area contributed by atoms with Crippen LogP contribution in [0.4, 0.5) is 0 Å². The van der Waals surface area contributed by atoms with Crippen molar-refractivity contribution in [2.75, 3.05) is 0 Å². The van der Waals surface area contributed by atoms with Gasteiger partial charge in [-0.2, -0.15) is 15.8 Å². The molecule has 6 nitrogen and oxygen atoms in total. The van der Waals surface area contributed by atoms with Crippen molar-refractivity contribution in [3.8, 4) is 85.5 Å². The summed E-state index contributed by atoms with van der Waals surface area (Å²) in [4.78, 5) is 5.31. The Morgan fingerprint density at radius 3 is 1.19 bits per heavy atom. The van der Waals surface area contributed by atoms with Crippen molar-refractivity contribution >= 4 is 43.6 Å². The van der Waals surface area contributed by atoms with E-state index in [1.807, 2.05) is 97.1 Å². The van der Waals surface area contributed by atoms with E-state index in [2.05, 4.69) is 149 Å². The molecule has 6 heteroatoms. The van der Waals surface area contributed by atoms with E-state index in [1.165, 1.54) is 0 Å². The molecular weight excluding hydrogens is 829 g/mol. The zero-order valence-electron chi connectivity index (χ0n) is 36.5. The van der Waals surface area contributed by atoms with Gasteiger partial charge in [-0.05, 0) is 101 Å². The van der Waals surface area contributed by atoms with E-state index >= 15 is 0 Å². The van der Waals surface area contributed by atoms with Gasteiger partial charge >= 0.3 is 0 Å². The molecule has 0 amide bonds. The zero-order chi connectivity index (χ0) is 45.7. The van der Waals surface area contributed by atoms with Gasteiger partial charge in [0.05, 0.1) is 79.7 Å². The van der Waals surface area contributed by atoms with Gasteiger partial charge in [-0.3, -0.25) is 0 Å². The summed E-state index contributed by atoms with van der Waals surface area (Å²) in [6, 6.07) is 81.3. The van der Waals surface area contributed by atoms with E-state index in [9.17, 15) is 15.8 Å². The Labute approximate surface area is 392 Å². The number of nitrogens with zero attached hydrogens (tertiary/aromatic N) is 6. The van der Waals surface area contributed by atoms with Crippen LogP contribution in [-0.2, 0) is 0 Å². The van der Waals surface area contributed by atoms with E-state index < -0.39 is 0 Å². The van der Waals surface area contributed by atoms with E-state index in [-0.39, 0.29) is 0 Å². The number of pyridine rings is 1. The van der Waals surface area contributed by atoms with Crippen molar-refractivity contribution in [3.63, 3.8) is 0 Å². The van der Waals surface area contributed by atoms with Crippen LogP contribution in [0.25, 0.3) is 111 Å². The Morgan fingerprint density at radius 2 is 0.735 bits per heavy atom. The van der Waals surface area contributed by atoms with Crippen LogP contribution < -0.4 is 0 Å². The fourth-order valence-corrected chi connectivity index (χ4v) is 9.98. The maximum absolute atomic E-state index is 11.1. The van der Waals surface area contributed by atoms with Gasteiger partial charge in [0.1, 0.15) is 0 Å². The second-order valence-corrected chi connectivity index (χ2v) is 16.8. The largest absolute Gasteiger partial charge is 0.308 e. The first-order valence-electron chi connectivity index (χ1n) is 22.4. The quantitative estimate of drug-likeness (QED) is 0.159. The van der Waals surface area contributed by atoms with Crippen LogP contribution >= 0.6 is 0 Å². The topological polar surface area (TPSA) is 94.1 Å². The molecule has 0 aliphatic carbocycles. The molecule has 3 heterocycles. The number of nitriles is 3. The van der Waals surface area contributed by atoms with Crippen molar-refractivity contribution < 1.29 is 0 Å². The van der Waals surface area contributed by atoms with Gasteiger partial charge in [0.15, 0.2) is 0 Å². The standard InChI is InChI=1S/C62H36N6/c63-37-40-31-60(67-56-25-13-11-23-50(56)52-33-43(27-29-58(52)67)48-21-9-7-19-45(48)38-64)62(47-35-54(41-15-3-1-4-16-41)66-55(36-47)42-17-5-2-6-18-42)61(32-40)68-57-26-14-12-24-51(57)53-34-44(28-30-59(53)68)49-22-10-8-20-46(49)39-65/h1-36H. The highest BCUT2D eigenvalue weighted by Crippen LogP contribution is 2.45. The first-order valence-corrected chi connectivity index (χ1v) is 22.4. The molecule has 68 heavy (non-hydrogen) atoms. The van der Waals surface area contributed by atoms with Crippen molar-refractivity contribution in [1.29, 1.82) is 15.8 Å². The number of hydrogen-bond acceptors (Lipinski definition) is 4. The first kappa shape index (κ1) is 39.8. The molecule has 12 rings (SSSR count). The molecule has 0 saturated heterocycles. The van der Waals surface area contributed by atoms with Crippen LogP contribution in [-0.4, -0.2) is 14.1 Å². The molecule has 3 aromatic heterocycles. The van der Waals surface area contributed by atoms with E-state index in [0.29, 0.717) is 16.7 Å². The molecule has 0 unspecified atom stereocenters. The highest BCUT2D eigenvalue weighted by Gasteiger charge is 2.25. The maximum Gasteiger partial charge on any atom is 0.0998 e. The third-order valence-electron chi connectivity index (χ3n) is 13.0. The summed E-state index contributed by atoms with van der Waals surface area (Å²) >= 11 is 0. The number of benzene rings is 9. The second kappa shape index (κ2) is 16.3. The third-order valence-corrected chi connectivity index (χ3v) is 13.0. The number of rotatable bonds is 7. The SMILES string of the molecule is N#Cc1cc(-n2c3ccccc3c3cc(-c4ccccc4C#N)ccc32)c(-c2cc(-c3ccccc3)nc(-c3ccccc3)c2)c(-n2c3ccccc3c3cc(-c4ccccc4C#N)ccc32)c1. The minimum absolute atomic E-state index is 0.496. The predicted molar refractivity (Wildman–Crippen MR) is 274 cm³/mol. The summed E-state index contributed by atoms with van der Waals surface area (Å²) in [5.74, 6) is 0. The summed E-state index contributed by atoms with van der Waals surface area (Å²) < 4.78 is 4.58. The summed E-state index contributed by atoms with van der Waals surface area (Å²) in [5.41, 5.74) is 16.3. The fourth-order valence-electron chi connectivity index (χ4n) is 9.98. The lowest BCUT2D eigenvalue weighted by Crippen LogP contribution is -2.05. The smallest absolute Gasteiger partial charge is 0.0998 e. The van der Waals surface area contributed by atoms with Gasteiger partial charge in [0.2, 0.25) is 0 Å². The van der Waals surface area contributed by atoms with Gasteiger partial charge in [-0.25, -0.2) is 4.98 Å². The van der Waals surface area contributed by atoms with Crippen molar-refractivity contribution in [1.82, 2.24) is 14.1 Å². The molecule has 0 spiro atoms. The third kappa shape index (κ3) is 6.51. The van der Waals surface area contributed by atoms with Crippen molar-refractivity contribution in [2.45, 2.75) is 0 Å². The van der Waals surface area contributed by atoms with Gasteiger partial charge in [0, 0.05) is 38.2 Å². The highest BCUT2D eigenvalue weighted by atomic mass is 15.0. The van der Waals surface area contributed by atoms with Crippen LogP contribution in [0.3, 0.4) is 0 Å². The van der Waals surface area contributed by atoms with Crippen molar-refractivity contribution in [2.24, 2.45) is 0 Å². The Hall–Kier alpha value is -9.80. The summed E-state index contributed by atoms with van der Waals surface area (Å²) in [5, 5.41) is 35.4. The average molecular weight is 865 g/mol. The first-order chi connectivity index (χ1) is 33.6. The second-order valence-electron chi connectivity index (χ2n) is 16.8. The molecule has 0 saturated carbocycles. The summed E-state index contributed by atoms with van der Waals surface area (Å²) in [7, 11) is 0. The molecule has 12 aromatic rings. The zero-order valence-corrected chi connectivity index (χ0v) is 36.5. The van der Waals surface area contributed by atoms with Gasteiger partial charge in [-0.15, -0.1) is 0 Å². The predicted octanol–water partition coefficient (Wildman–Crippen LogP) is 15.2. The minimum atomic E-state index is 0.496.